The number of amides is 1. The van der Waals surface area contributed by atoms with E-state index in [0.29, 0.717) is 18.9 Å². The van der Waals surface area contributed by atoms with E-state index in [-0.39, 0.29) is 23.0 Å². The van der Waals surface area contributed by atoms with E-state index in [1.54, 1.807) is 0 Å². The molecule has 5 N–H and O–H groups in total. The first-order valence-electron chi connectivity index (χ1n) is 12.4. The number of nitrogen functional groups attached to an aromatic ring is 1. The number of nitrogens with zero attached hydrogens (tertiary/aromatic N) is 3. The fourth-order valence-corrected chi connectivity index (χ4v) is 4.57. The van der Waals surface area contributed by atoms with Crippen LogP contribution < -0.4 is 11.1 Å². The van der Waals surface area contributed by atoms with E-state index in [0.717, 1.165) is 58.2 Å². The summed E-state index contributed by atoms with van der Waals surface area (Å²) in [5.74, 6) is 0.483. The lowest BCUT2D eigenvalue weighted by molar-refractivity contribution is 0.0950. The van der Waals surface area contributed by atoms with Crippen molar-refractivity contribution in [1.29, 1.82) is 0 Å². The number of anilines is 1. The van der Waals surface area contributed by atoms with Gasteiger partial charge in [-0.15, -0.1) is 0 Å². The van der Waals surface area contributed by atoms with Gasteiger partial charge in [-0.05, 0) is 41.8 Å². The molecule has 0 bridgehead atoms. The molecule has 0 saturated heterocycles. The van der Waals surface area contributed by atoms with Crippen LogP contribution in [0.25, 0.3) is 21.9 Å². The van der Waals surface area contributed by atoms with E-state index in [1.165, 1.54) is 18.2 Å². The Morgan fingerprint density at radius 3 is 2.59 bits per heavy atom. The molecular weight excluding hydrogens is 466 g/mol. The minimum absolute atomic E-state index is 0.264. The highest BCUT2D eigenvalue weighted by molar-refractivity contribution is 6.06. The zero-order chi connectivity index (χ0) is 25.9. The summed E-state index contributed by atoms with van der Waals surface area (Å²) >= 11 is 0. The topological polar surface area (TPSA) is 126 Å². The van der Waals surface area contributed by atoms with Crippen molar-refractivity contribution in [2.24, 2.45) is 0 Å². The second kappa shape index (κ2) is 10.2. The molecule has 8 nitrogen and oxygen atoms in total. The van der Waals surface area contributed by atoms with Gasteiger partial charge in [-0.2, -0.15) is 0 Å². The molecule has 0 aliphatic heterocycles. The number of aromatic nitrogens is 3. The molecule has 0 aliphatic carbocycles. The number of aromatic hydroxyl groups is 2. The van der Waals surface area contributed by atoms with E-state index in [1.807, 2.05) is 30.3 Å². The van der Waals surface area contributed by atoms with Crippen molar-refractivity contribution in [2.45, 2.75) is 39.3 Å². The molecule has 0 radical (unpaired) electrons. The van der Waals surface area contributed by atoms with Crippen LogP contribution in [0, 0.1) is 0 Å². The van der Waals surface area contributed by atoms with Gasteiger partial charge in [-0.3, -0.25) is 4.79 Å². The maximum Gasteiger partial charge on any atom is 0.251 e. The van der Waals surface area contributed by atoms with Gasteiger partial charge in [-0.1, -0.05) is 55.8 Å². The van der Waals surface area contributed by atoms with Crippen LogP contribution >= 0.6 is 0 Å². The molecule has 0 spiro atoms. The number of aryl methyl sites for hydroxylation is 1. The maximum atomic E-state index is 12.5. The van der Waals surface area contributed by atoms with Crippen LogP contribution in [0.1, 0.15) is 47.1 Å². The number of phenols is 2. The predicted octanol–water partition coefficient (Wildman–Crippen LogP) is 4.90. The van der Waals surface area contributed by atoms with Gasteiger partial charge in [0.05, 0.1) is 11.0 Å². The van der Waals surface area contributed by atoms with Gasteiger partial charge in [0, 0.05) is 30.5 Å². The number of phenolic OH excluding ortho intramolecular Hbond substituents is 2. The van der Waals surface area contributed by atoms with Crippen molar-refractivity contribution < 1.29 is 15.0 Å². The molecule has 0 unspecified atom stereocenters. The van der Waals surface area contributed by atoms with Crippen LogP contribution in [0.4, 0.5) is 5.82 Å². The molecule has 8 heteroatoms. The monoisotopic (exact) mass is 495 g/mol. The molecule has 188 valence electrons. The number of nitrogens with one attached hydrogen (secondary N) is 1. The van der Waals surface area contributed by atoms with Gasteiger partial charge in [0.1, 0.15) is 11.3 Å². The van der Waals surface area contributed by atoms with Crippen molar-refractivity contribution in [2.75, 3.05) is 5.73 Å². The molecule has 5 aromatic rings. The Kier molecular flexibility index (Phi) is 6.64. The summed E-state index contributed by atoms with van der Waals surface area (Å²) in [5, 5.41) is 23.0. The third-order valence-electron chi connectivity index (χ3n) is 6.47. The molecule has 0 saturated carbocycles. The summed E-state index contributed by atoms with van der Waals surface area (Å²) in [6, 6.07) is 20.0. The largest absolute Gasteiger partial charge is 0.504 e. The number of pyridine rings is 1. The van der Waals surface area contributed by atoms with Crippen molar-refractivity contribution in [3.05, 3.63) is 89.2 Å². The number of imidazole rings is 1. The van der Waals surface area contributed by atoms with E-state index in [4.69, 9.17) is 10.7 Å². The van der Waals surface area contributed by atoms with Gasteiger partial charge in [0.2, 0.25) is 0 Å². The lowest BCUT2D eigenvalue weighted by Crippen LogP contribution is -2.22. The Labute approximate surface area is 214 Å². The van der Waals surface area contributed by atoms with Crippen molar-refractivity contribution in [3.63, 3.8) is 0 Å². The molecular formula is C29H29N5O3. The van der Waals surface area contributed by atoms with Crippen LogP contribution in [0.15, 0.2) is 66.7 Å². The lowest BCUT2D eigenvalue weighted by Gasteiger charge is -2.13. The number of hydrogen-bond acceptors (Lipinski definition) is 6. The summed E-state index contributed by atoms with van der Waals surface area (Å²) in [5.41, 5.74) is 11.2. The van der Waals surface area contributed by atoms with Gasteiger partial charge in [0.25, 0.3) is 5.91 Å². The molecule has 0 aliphatic rings. The standard InChI is InChI=1S/C29H29N5O3/c1-2-3-11-25-33-26-27(21-9-4-5-10-22(21)32-28(26)30)34(25)17-19-8-6-7-18(14-19)16-31-29(37)20-12-13-23(35)24(36)15-20/h4-10,12-15,35-36H,2-3,11,16-17H2,1H3,(H2,30,32)(H,31,37). The van der Waals surface area contributed by atoms with E-state index < -0.39 is 0 Å². The highest BCUT2D eigenvalue weighted by Crippen LogP contribution is 2.30. The van der Waals surface area contributed by atoms with E-state index in [2.05, 4.69) is 40.0 Å². The minimum Gasteiger partial charge on any atom is -0.504 e. The molecule has 2 aromatic heterocycles. The predicted molar refractivity (Wildman–Crippen MR) is 145 cm³/mol. The normalized spacial score (nSPS) is 11.3. The van der Waals surface area contributed by atoms with Crippen LogP contribution in [-0.4, -0.2) is 30.7 Å². The summed E-state index contributed by atoms with van der Waals surface area (Å²) in [6.45, 7) is 3.09. The molecule has 0 fully saturated rings. The Hall–Kier alpha value is -4.59. The number of benzene rings is 3. The van der Waals surface area contributed by atoms with Crippen molar-refractivity contribution >= 4 is 33.7 Å². The van der Waals surface area contributed by atoms with Gasteiger partial charge in [0.15, 0.2) is 17.3 Å². The molecule has 1 amide bonds. The summed E-state index contributed by atoms with van der Waals surface area (Å²) in [4.78, 5) is 22.0. The number of nitrogens with two attached hydrogens (primary N) is 1. The number of unbranched alkanes of at least 4 members (excludes halogenated alkanes) is 1. The molecule has 37 heavy (non-hydrogen) atoms. The van der Waals surface area contributed by atoms with Crippen LogP contribution in [0.3, 0.4) is 0 Å². The maximum absolute atomic E-state index is 12.5. The Morgan fingerprint density at radius 2 is 1.78 bits per heavy atom. The SMILES string of the molecule is CCCCc1nc2c(N)nc3ccccc3c2n1Cc1cccc(CNC(=O)c2ccc(O)c(O)c2)c1. The third kappa shape index (κ3) is 4.91. The number of carbonyl (C=O) groups excluding carboxylic acids is 1. The Bertz CT molecular complexity index is 1610. The second-order valence-corrected chi connectivity index (χ2v) is 9.14. The van der Waals surface area contributed by atoms with Crippen LogP contribution in [-0.2, 0) is 19.5 Å². The molecule has 0 atom stereocenters. The first-order chi connectivity index (χ1) is 17.9. The van der Waals surface area contributed by atoms with Crippen molar-refractivity contribution in [1.82, 2.24) is 19.9 Å². The van der Waals surface area contributed by atoms with Crippen LogP contribution in [0.5, 0.6) is 11.5 Å². The summed E-state index contributed by atoms with van der Waals surface area (Å²) in [7, 11) is 0. The van der Waals surface area contributed by atoms with E-state index in [9.17, 15) is 15.0 Å². The summed E-state index contributed by atoms with van der Waals surface area (Å²) < 4.78 is 2.24. The first kappa shape index (κ1) is 24.1. The Morgan fingerprint density at radius 1 is 0.973 bits per heavy atom. The van der Waals surface area contributed by atoms with Crippen LogP contribution in [0.2, 0.25) is 0 Å². The number of rotatable bonds is 8. The second-order valence-electron chi connectivity index (χ2n) is 9.14. The molecule has 3 aromatic carbocycles. The highest BCUT2D eigenvalue weighted by Gasteiger charge is 2.17. The first-order valence-corrected chi connectivity index (χ1v) is 12.4. The number of carbonyl (C=O) groups is 1. The highest BCUT2D eigenvalue weighted by atomic mass is 16.3. The number of hydrogen-bond donors (Lipinski definition) is 4. The van der Waals surface area contributed by atoms with Crippen molar-refractivity contribution in [3.8, 4) is 11.5 Å². The molecule has 5 rings (SSSR count). The number of para-hydroxylation sites is 1. The third-order valence-corrected chi connectivity index (χ3v) is 6.47. The zero-order valence-corrected chi connectivity index (χ0v) is 20.6. The zero-order valence-electron chi connectivity index (χ0n) is 20.6. The lowest BCUT2D eigenvalue weighted by atomic mass is 10.1. The average Bonchev–Trinajstić information content (AvgIpc) is 3.26. The fraction of sp³-hybridized carbons (Fsp3) is 0.207. The van der Waals surface area contributed by atoms with E-state index >= 15 is 0 Å². The quantitative estimate of drug-likeness (QED) is 0.227. The average molecular weight is 496 g/mol. The van der Waals surface area contributed by atoms with Gasteiger partial charge < -0.3 is 25.8 Å². The smallest absolute Gasteiger partial charge is 0.251 e. The van der Waals surface area contributed by atoms with Gasteiger partial charge >= 0.3 is 0 Å². The van der Waals surface area contributed by atoms with Gasteiger partial charge in [-0.25, -0.2) is 9.97 Å². The minimum atomic E-state index is -0.336. The Balaban J connectivity index is 1.44. The molecule has 2 heterocycles. The fourth-order valence-electron chi connectivity index (χ4n) is 4.57. The summed E-state index contributed by atoms with van der Waals surface area (Å²) in [6.07, 6.45) is 2.92. The number of fused-ring (bicyclic) bond motifs is 3.